The van der Waals surface area contributed by atoms with Gasteiger partial charge in [0, 0.05) is 32.2 Å². The van der Waals surface area contributed by atoms with Crippen LogP contribution in [-0.4, -0.2) is 48.3 Å². The second-order valence-corrected chi connectivity index (χ2v) is 10.4. The minimum atomic E-state index is -3.65. The molecule has 180 valence electrons. The van der Waals surface area contributed by atoms with Gasteiger partial charge in [0.2, 0.25) is 10.0 Å². The zero-order chi connectivity index (χ0) is 24.3. The van der Waals surface area contributed by atoms with E-state index in [1.54, 1.807) is 0 Å². The topological polar surface area (TPSA) is 139 Å². The average molecular weight is 478 g/mol. The van der Waals surface area contributed by atoms with Crippen molar-refractivity contribution < 1.29 is 13.2 Å². The maximum atomic E-state index is 13.0. The van der Waals surface area contributed by atoms with Gasteiger partial charge in [-0.15, -0.1) is 0 Å². The number of nitrogens with zero attached hydrogens (tertiary/aromatic N) is 3. The quantitative estimate of drug-likeness (QED) is 0.621. The van der Waals surface area contributed by atoms with E-state index in [0.29, 0.717) is 32.0 Å². The van der Waals surface area contributed by atoms with Crippen molar-refractivity contribution in [2.75, 3.05) is 30.8 Å². The number of aromatic amines is 1. The van der Waals surface area contributed by atoms with E-state index in [2.05, 4.69) is 4.98 Å². The number of unbranched alkanes of at least 4 members (excludes halogenated alkanes) is 1. The van der Waals surface area contributed by atoms with Gasteiger partial charge in [-0.05, 0) is 49.4 Å². The Morgan fingerprint density at radius 3 is 2.52 bits per heavy atom. The lowest BCUT2D eigenvalue weighted by atomic mass is 10.0. The summed E-state index contributed by atoms with van der Waals surface area (Å²) in [7, 11) is -2.26. The van der Waals surface area contributed by atoms with Crippen LogP contribution in [0.4, 0.5) is 11.5 Å². The number of benzene rings is 1. The first-order valence-electron chi connectivity index (χ1n) is 11.1. The molecule has 1 unspecified atom stereocenters. The Labute approximate surface area is 193 Å². The predicted octanol–water partition coefficient (Wildman–Crippen LogP) is 1.62. The molecule has 0 aliphatic carbocycles. The first-order valence-corrected chi connectivity index (χ1v) is 12.5. The number of nitrogens with two attached hydrogens (primary N) is 1. The number of rotatable bonds is 7. The van der Waals surface area contributed by atoms with Gasteiger partial charge in [-0.3, -0.25) is 19.1 Å². The van der Waals surface area contributed by atoms with Gasteiger partial charge in [0.1, 0.15) is 5.82 Å². The highest BCUT2D eigenvalue weighted by Crippen LogP contribution is 2.24. The molecule has 10 nitrogen and oxygen atoms in total. The third-order valence-corrected chi connectivity index (χ3v) is 7.83. The molecule has 1 aliphatic rings. The normalized spacial score (nSPS) is 17.1. The molecule has 0 saturated carbocycles. The van der Waals surface area contributed by atoms with E-state index in [-0.39, 0.29) is 22.0 Å². The molecule has 1 atom stereocenters. The summed E-state index contributed by atoms with van der Waals surface area (Å²) in [6.45, 7) is 5.25. The fraction of sp³-hybridized carbons (Fsp3) is 0.500. The first kappa shape index (κ1) is 24.7. The number of hydrogen-bond donors (Lipinski definition) is 2. The number of nitrogens with one attached hydrogen (secondary N) is 1. The highest BCUT2D eigenvalue weighted by atomic mass is 32.2. The molecule has 3 rings (SSSR count). The average Bonchev–Trinajstić information content (AvgIpc) is 2.78. The van der Waals surface area contributed by atoms with Crippen LogP contribution in [0.3, 0.4) is 0 Å². The minimum Gasteiger partial charge on any atom is -0.383 e. The summed E-state index contributed by atoms with van der Waals surface area (Å²) < 4.78 is 28.6. The molecule has 2 heterocycles. The molecule has 2 aromatic rings. The van der Waals surface area contributed by atoms with Crippen molar-refractivity contribution in [1.29, 1.82) is 0 Å². The smallest absolute Gasteiger partial charge is 0.330 e. The van der Waals surface area contributed by atoms with Crippen molar-refractivity contribution in [1.82, 2.24) is 13.9 Å². The molecule has 1 aromatic carbocycles. The maximum Gasteiger partial charge on any atom is 0.330 e. The van der Waals surface area contributed by atoms with Crippen LogP contribution in [0.5, 0.6) is 0 Å². The lowest BCUT2D eigenvalue weighted by Crippen LogP contribution is -2.39. The zero-order valence-electron chi connectivity index (χ0n) is 19.2. The van der Waals surface area contributed by atoms with E-state index < -0.39 is 27.2 Å². The molecule has 3 N–H and O–H groups in total. The number of nitrogen functional groups attached to an aromatic ring is 1. The number of piperidine rings is 1. The molecule has 1 aliphatic heterocycles. The van der Waals surface area contributed by atoms with Gasteiger partial charge >= 0.3 is 5.69 Å². The van der Waals surface area contributed by atoms with Crippen LogP contribution in [-0.2, 0) is 16.6 Å². The fourth-order valence-electron chi connectivity index (χ4n) is 4.02. The predicted molar refractivity (Wildman–Crippen MR) is 127 cm³/mol. The van der Waals surface area contributed by atoms with Crippen molar-refractivity contribution in [3.63, 3.8) is 0 Å². The second-order valence-electron chi connectivity index (χ2n) is 8.50. The molecule has 1 fully saturated rings. The Hall–Kier alpha value is -2.92. The third-order valence-electron chi connectivity index (χ3n) is 5.95. The monoisotopic (exact) mass is 477 g/mol. The highest BCUT2D eigenvalue weighted by molar-refractivity contribution is 7.89. The van der Waals surface area contributed by atoms with E-state index in [9.17, 15) is 22.8 Å². The summed E-state index contributed by atoms with van der Waals surface area (Å²) in [6.07, 6.45) is 3.32. The summed E-state index contributed by atoms with van der Waals surface area (Å²) >= 11 is 0. The van der Waals surface area contributed by atoms with Crippen molar-refractivity contribution in [2.24, 2.45) is 5.92 Å². The maximum absolute atomic E-state index is 13.0. The molecule has 1 saturated heterocycles. The van der Waals surface area contributed by atoms with Crippen LogP contribution in [0.2, 0.25) is 0 Å². The van der Waals surface area contributed by atoms with E-state index in [1.807, 2.05) is 13.8 Å². The summed E-state index contributed by atoms with van der Waals surface area (Å²) in [6, 6.07) is 5.62. The molecule has 11 heteroatoms. The Balaban J connectivity index is 1.88. The Morgan fingerprint density at radius 1 is 1.24 bits per heavy atom. The van der Waals surface area contributed by atoms with Crippen LogP contribution in [0.25, 0.3) is 0 Å². The van der Waals surface area contributed by atoms with E-state index in [4.69, 9.17) is 5.73 Å². The number of carbonyl (C=O) groups is 1. The molecular weight excluding hydrogens is 446 g/mol. The number of amides is 1. The zero-order valence-corrected chi connectivity index (χ0v) is 20.0. The Bertz CT molecular complexity index is 1230. The highest BCUT2D eigenvalue weighted by Gasteiger charge is 2.29. The van der Waals surface area contributed by atoms with Gasteiger partial charge < -0.3 is 10.6 Å². The van der Waals surface area contributed by atoms with Crippen molar-refractivity contribution in [2.45, 2.75) is 51.0 Å². The van der Waals surface area contributed by atoms with Gasteiger partial charge in [0.15, 0.2) is 5.69 Å². The van der Waals surface area contributed by atoms with Crippen molar-refractivity contribution in [3.05, 3.63) is 50.7 Å². The van der Waals surface area contributed by atoms with Crippen molar-refractivity contribution >= 4 is 27.4 Å². The molecule has 1 aromatic heterocycles. The molecule has 1 amide bonds. The first-order chi connectivity index (χ1) is 15.6. The van der Waals surface area contributed by atoms with E-state index >= 15 is 0 Å². The standard InChI is InChI=1S/C22H31N5O5S/c1-4-5-13-27-19(23)18(20(28)24-22(27)30)25(3)21(29)16-8-10-17(11-9-16)33(31,32)26-12-6-7-15(2)14-26/h8-11,15H,4-7,12-14,23H2,1-3H3,(H,24,28,30). The second kappa shape index (κ2) is 9.92. The lowest BCUT2D eigenvalue weighted by Gasteiger charge is -2.30. The van der Waals surface area contributed by atoms with Crippen LogP contribution in [0.1, 0.15) is 49.9 Å². The number of hydrogen-bond acceptors (Lipinski definition) is 6. The number of aromatic nitrogens is 2. The van der Waals surface area contributed by atoms with Crippen molar-refractivity contribution in [3.8, 4) is 0 Å². The number of H-pyrrole nitrogens is 1. The van der Waals surface area contributed by atoms with Gasteiger partial charge in [-0.1, -0.05) is 20.3 Å². The van der Waals surface area contributed by atoms with Crippen LogP contribution in [0, 0.1) is 5.92 Å². The molecule has 0 spiro atoms. The third kappa shape index (κ3) is 5.03. The Kier molecular flexibility index (Phi) is 7.43. The lowest BCUT2D eigenvalue weighted by molar-refractivity contribution is 0.0992. The summed E-state index contributed by atoms with van der Waals surface area (Å²) in [4.78, 5) is 41.0. The minimum absolute atomic E-state index is 0.0912. The Morgan fingerprint density at radius 2 is 1.91 bits per heavy atom. The van der Waals surface area contributed by atoms with E-state index in [1.165, 1.54) is 40.2 Å². The molecule has 0 radical (unpaired) electrons. The largest absolute Gasteiger partial charge is 0.383 e. The molecule has 33 heavy (non-hydrogen) atoms. The summed E-state index contributed by atoms with van der Waals surface area (Å²) in [5.74, 6) is -0.345. The summed E-state index contributed by atoms with van der Waals surface area (Å²) in [5.41, 5.74) is 4.75. The van der Waals surface area contributed by atoms with Crippen LogP contribution in [0.15, 0.2) is 38.8 Å². The van der Waals surface area contributed by atoms with Gasteiger partial charge in [-0.25, -0.2) is 13.2 Å². The van der Waals surface area contributed by atoms with Crippen LogP contribution < -0.4 is 21.9 Å². The van der Waals surface area contributed by atoms with Crippen LogP contribution >= 0.6 is 0 Å². The van der Waals surface area contributed by atoms with Gasteiger partial charge in [0.05, 0.1) is 4.90 Å². The number of sulfonamides is 1. The summed E-state index contributed by atoms with van der Waals surface area (Å²) in [5, 5.41) is 0. The molecular formula is C22H31N5O5S. The molecule has 0 bridgehead atoms. The van der Waals surface area contributed by atoms with E-state index in [0.717, 1.165) is 24.2 Å². The fourth-order valence-corrected chi connectivity index (χ4v) is 5.62. The number of carbonyl (C=O) groups excluding carboxylic acids is 1. The SMILES string of the molecule is CCCCn1c(N)c(N(C)C(=O)c2ccc(S(=O)(=O)N3CCCC(C)C3)cc2)c(=O)[nH]c1=O. The van der Waals surface area contributed by atoms with Gasteiger partial charge in [0.25, 0.3) is 11.5 Å². The van der Waals surface area contributed by atoms with Gasteiger partial charge in [-0.2, -0.15) is 4.31 Å². The number of anilines is 2.